The predicted octanol–water partition coefficient (Wildman–Crippen LogP) is 0.590. The first-order chi connectivity index (χ1) is 4.27. The molecule has 0 heterocycles. The molecule has 0 aromatic rings. The fraction of sp³-hybridized carbons (Fsp3) is 0.800. The molecular weight excluding hydrogens is 134 g/mol. The van der Waals surface area contributed by atoms with Gasteiger partial charge in [0.25, 0.3) is 0 Å². The Morgan fingerprint density at radius 2 is 2.33 bits per heavy atom. The maximum Gasteiger partial charge on any atom is 0.235 e. The van der Waals surface area contributed by atoms with Gasteiger partial charge in [-0.2, -0.15) is 0 Å². The van der Waals surface area contributed by atoms with Gasteiger partial charge in [-0.05, 0) is 13.1 Å². The predicted molar refractivity (Wildman–Crippen MR) is 36.4 cm³/mol. The molecule has 51 valence electrons. The minimum Gasteiger partial charge on any atom is -0.415 e. The van der Waals surface area contributed by atoms with Crippen molar-refractivity contribution in [2.45, 2.75) is 13.1 Å². The number of aliphatic imine (C=N–C) groups is 1. The summed E-state index contributed by atoms with van der Waals surface area (Å²) in [7, 11) is -0.605. The van der Waals surface area contributed by atoms with Crippen molar-refractivity contribution in [2.75, 3.05) is 13.2 Å². The molecular formula is C5H10NO2Si. The fourth-order valence-electron chi connectivity index (χ4n) is 0.341. The monoisotopic (exact) mass is 144 g/mol. The van der Waals surface area contributed by atoms with Crippen molar-refractivity contribution in [1.82, 2.24) is 0 Å². The van der Waals surface area contributed by atoms with Gasteiger partial charge >= 0.3 is 0 Å². The second kappa shape index (κ2) is 5.69. The molecule has 0 N–H and O–H groups in total. The number of hydrogen-bond donors (Lipinski definition) is 0. The molecule has 1 radical (unpaired) electrons. The first-order valence-electron chi connectivity index (χ1n) is 2.74. The highest BCUT2D eigenvalue weighted by Crippen LogP contribution is 1.81. The van der Waals surface area contributed by atoms with E-state index in [9.17, 15) is 4.79 Å². The molecule has 3 nitrogen and oxygen atoms in total. The van der Waals surface area contributed by atoms with Crippen LogP contribution in [0.5, 0.6) is 0 Å². The topological polar surface area (TPSA) is 38.7 Å². The van der Waals surface area contributed by atoms with Crippen LogP contribution in [0.3, 0.4) is 0 Å². The molecule has 0 rings (SSSR count). The van der Waals surface area contributed by atoms with E-state index in [2.05, 4.69) is 4.99 Å². The Labute approximate surface area is 56.5 Å². The van der Waals surface area contributed by atoms with Gasteiger partial charge in [0, 0.05) is 0 Å². The molecule has 0 aliphatic carbocycles. The average molecular weight is 144 g/mol. The lowest BCUT2D eigenvalue weighted by molar-refractivity contribution is 0.337. The Balaban J connectivity index is 3.00. The van der Waals surface area contributed by atoms with E-state index in [1.54, 1.807) is 0 Å². The van der Waals surface area contributed by atoms with Crippen LogP contribution in [0.25, 0.3) is 0 Å². The van der Waals surface area contributed by atoms with Gasteiger partial charge < -0.3 is 4.43 Å². The first kappa shape index (κ1) is 8.56. The van der Waals surface area contributed by atoms with Crippen LogP contribution in [0.2, 0.25) is 13.1 Å². The highest BCUT2D eigenvalue weighted by atomic mass is 28.3. The van der Waals surface area contributed by atoms with Crippen molar-refractivity contribution in [3.05, 3.63) is 0 Å². The smallest absolute Gasteiger partial charge is 0.235 e. The molecule has 0 spiro atoms. The van der Waals surface area contributed by atoms with Crippen LogP contribution in [0, 0.1) is 0 Å². The van der Waals surface area contributed by atoms with E-state index < -0.39 is 9.04 Å². The molecule has 0 saturated carbocycles. The van der Waals surface area contributed by atoms with E-state index in [1.165, 1.54) is 6.08 Å². The lowest BCUT2D eigenvalue weighted by Crippen LogP contribution is -2.10. The Morgan fingerprint density at radius 1 is 1.67 bits per heavy atom. The molecule has 0 aliphatic rings. The van der Waals surface area contributed by atoms with E-state index in [0.717, 1.165) is 0 Å². The van der Waals surface area contributed by atoms with Crippen LogP contribution in [0.15, 0.2) is 4.99 Å². The Hall–Kier alpha value is -0.443. The second-order valence-electron chi connectivity index (χ2n) is 1.73. The van der Waals surface area contributed by atoms with Crippen LogP contribution >= 0.6 is 0 Å². The number of isocyanates is 1. The number of hydrogen-bond acceptors (Lipinski definition) is 3. The Morgan fingerprint density at radius 3 is 2.78 bits per heavy atom. The lowest BCUT2D eigenvalue weighted by Gasteiger charge is -2.00. The number of nitrogens with zero attached hydrogens (tertiary/aromatic N) is 1. The fourth-order valence-corrected chi connectivity index (χ4v) is 0.841. The lowest BCUT2D eigenvalue weighted by atomic mass is 10.7. The maximum absolute atomic E-state index is 9.51. The molecule has 0 saturated heterocycles. The minimum atomic E-state index is -0.605. The van der Waals surface area contributed by atoms with Gasteiger partial charge in [0.2, 0.25) is 15.1 Å². The minimum absolute atomic E-state index is 0.444. The van der Waals surface area contributed by atoms with Gasteiger partial charge in [0.15, 0.2) is 0 Å². The molecule has 0 aromatic carbocycles. The Kier molecular flexibility index (Phi) is 5.41. The summed E-state index contributed by atoms with van der Waals surface area (Å²) in [6.07, 6.45) is 1.45. The van der Waals surface area contributed by atoms with E-state index in [1.807, 2.05) is 13.1 Å². The highest BCUT2D eigenvalue weighted by molar-refractivity contribution is 6.48. The summed E-state index contributed by atoms with van der Waals surface area (Å²) in [5.74, 6) is 0. The van der Waals surface area contributed by atoms with Gasteiger partial charge in [-0.3, -0.25) is 0 Å². The molecule has 0 bridgehead atoms. The van der Waals surface area contributed by atoms with Crippen molar-refractivity contribution in [3.63, 3.8) is 0 Å². The van der Waals surface area contributed by atoms with Crippen molar-refractivity contribution in [2.24, 2.45) is 4.99 Å². The zero-order valence-electron chi connectivity index (χ0n) is 5.68. The molecule has 0 fully saturated rings. The zero-order valence-corrected chi connectivity index (χ0v) is 6.68. The third-order valence-electron chi connectivity index (χ3n) is 0.658. The van der Waals surface area contributed by atoms with Crippen molar-refractivity contribution >= 4 is 15.1 Å². The summed E-state index contributed by atoms with van der Waals surface area (Å²) >= 11 is 0. The highest BCUT2D eigenvalue weighted by Gasteiger charge is 1.93. The summed E-state index contributed by atoms with van der Waals surface area (Å²) in [6, 6.07) is 0. The van der Waals surface area contributed by atoms with Gasteiger partial charge in [-0.1, -0.05) is 0 Å². The van der Waals surface area contributed by atoms with E-state index >= 15 is 0 Å². The number of carbonyl (C=O) groups excluding carboxylic acids is 1. The molecule has 0 unspecified atom stereocenters. The standard InChI is InChI=1S/C5H10NO2Si/c1-9(2)8-4-3-6-5-7/h3-4H2,1-2H3. The summed E-state index contributed by atoms with van der Waals surface area (Å²) < 4.78 is 5.17. The maximum atomic E-state index is 9.51. The summed E-state index contributed by atoms with van der Waals surface area (Å²) in [6.45, 7) is 5.07. The van der Waals surface area contributed by atoms with Gasteiger partial charge in [0.1, 0.15) is 0 Å². The first-order valence-corrected chi connectivity index (χ1v) is 5.15. The molecule has 0 atom stereocenters. The average Bonchev–Trinajstić information content (AvgIpc) is 1.80. The zero-order chi connectivity index (χ0) is 7.11. The van der Waals surface area contributed by atoms with E-state index in [0.29, 0.717) is 13.2 Å². The van der Waals surface area contributed by atoms with E-state index in [4.69, 9.17) is 4.43 Å². The summed E-state index contributed by atoms with van der Waals surface area (Å²) in [4.78, 5) is 12.8. The quantitative estimate of drug-likeness (QED) is 0.251. The van der Waals surface area contributed by atoms with E-state index in [-0.39, 0.29) is 0 Å². The largest absolute Gasteiger partial charge is 0.415 e. The van der Waals surface area contributed by atoms with Gasteiger partial charge in [-0.25, -0.2) is 9.79 Å². The second-order valence-corrected chi connectivity index (χ2v) is 3.83. The molecule has 0 aromatic heterocycles. The third kappa shape index (κ3) is 7.56. The molecule has 4 heteroatoms. The van der Waals surface area contributed by atoms with Gasteiger partial charge in [-0.15, -0.1) is 0 Å². The van der Waals surface area contributed by atoms with Crippen LogP contribution in [0.1, 0.15) is 0 Å². The summed E-state index contributed by atoms with van der Waals surface area (Å²) in [5, 5.41) is 0. The normalized spacial score (nSPS) is 9.22. The van der Waals surface area contributed by atoms with Crippen LogP contribution in [0.4, 0.5) is 0 Å². The summed E-state index contributed by atoms with van der Waals surface area (Å²) in [5.41, 5.74) is 0. The van der Waals surface area contributed by atoms with Crippen LogP contribution in [-0.2, 0) is 9.22 Å². The molecule has 0 aliphatic heterocycles. The molecule has 0 amide bonds. The van der Waals surface area contributed by atoms with Crippen LogP contribution in [-0.4, -0.2) is 28.3 Å². The van der Waals surface area contributed by atoms with Gasteiger partial charge in [0.05, 0.1) is 13.2 Å². The SMILES string of the molecule is C[Si](C)OCCN=C=O. The van der Waals surface area contributed by atoms with Crippen molar-refractivity contribution < 1.29 is 9.22 Å². The molecule has 9 heavy (non-hydrogen) atoms. The number of rotatable bonds is 4. The Bertz CT molecular complexity index is 110. The third-order valence-corrected chi connectivity index (χ3v) is 1.44. The van der Waals surface area contributed by atoms with Crippen molar-refractivity contribution in [3.8, 4) is 0 Å². The van der Waals surface area contributed by atoms with Crippen LogP contribution < -0.4 is 0 Å². The van der Waals surface area contributed by atoms with Crippen molar-refractivity contribution in [1.29, 1.82) is 0 Å².